The first kappa shape index (κ1) is 20.6. The van der Waals surface area contributed by atoms with Gasteiger partial charge in [-0.3, -0.25) is 20.4 Å². The Morgan fingerprint density at radius 3 is 2.35 bits per heavy atom. The third kappa shape index (κ3) is 5.91. The van der Waals surface area contributed by atoms with E-state index in [2.05, 4.69) is 29.6 Å². The fourth-order valence-corrected chi connectivity index (χ4v) is 6.18. The molecule has 0 radical (unpaired) electrons. The number of hydrogen-bond acceptors (Lipinski definition) is 6. The average molecular weight is 400 g/mol. The van der Waals surface area contributed by atoms with Crippen molar-refractivity contribution in [1.29, 1.82) is 0 Å². The second-order valence-corrected chi connectivity index (χ2v) is 9.57. The predicted molar refractivity (Wildman–Crippen MR) is 105 cm³/mol. The van der Waals surface area contributed by atoms with Crippen molar-refractivity contribution < 1.29 is 18.0 Å². The molecule has 144 valence electrons. The highest BCUT2D eigenvalue weighted by molar-refractivity contribution is 8.02. The zero-order chi connectivity index (χ0) is 19.2. The molecule has 1 aliphatic rings. The quantitative estimate of drug-likeness (QED) is 0.669. The number of nitrogens with one attached hydrogen (secondary N) is 2. The van der Waals surface area contributed by atoms with Crippen molar-refractivity contribution in [3.8, 4) is 0 Å². The van der Waals surface area contributed by atoms with Crippen LogP contribution in [0.25, 0.3) is 0 Å². The van der Waals surface area contributed by atoms with Crippen LogP contribution in [0, 0.1) is 0 Å². The van der Waals surface area contributed by atoms with Gasteiger partial charge in [0.05, 0.1) is 17.3 Å². The monoisotopic (exact) mass is 399 g/mol. The molecule has 0 spiro atoms. The first-order valence-corrected chi connectivity index (χ1v) is 11.5. The van der Waals surface area contributed by atoms with Gasteiger partial charge < -0.3 is 4.90 Å². The van der Waals surface area contributed by atoms with Gasteiger partial charge in [-0.25, -0.2) is 8.42 Å². The molecule has 1 aliphatic heterocycles. The smallest absolute Gasteiger partial charge is 0.269 e. The summed E-state index contributed by atoms with van der Waals surface area (Å²) >= 11 is 1.30. The Kier molecular flexibility index (Phi) is 7.33. The van der Waals surface area contributed by atoms with E-state index in [9.17, 15) is 18.0 Å². The van der Waals surface area contributed by atoms with Crippen LogP contribution in [-0.4, -0.2) is 55.8 Å². The van der Waals surface area contributed by atoms with Crippen LogP contribution in [0.5, 0.6) is 0 Å². The van der Waals surface area contributed by atoms with Crippen LogP contribution in [0.2, 0.25) is 0 Å². The zero-order valence-corrected chi connectivity index (χ0v) is 16.7. The highest BCUT2D eigenvalue weighted by Gasteiger charge is 2.28. The molecule has 9 heteroatoms. The molecule has 1 aromatic rings. The number of rotatable bonds is 7. The lowest BCUT2D eigenvalue weighted by Gasteiger charge is -2.21. The SMILES string of the molecule is CCN(CC)c1ccc(C(=O)NNC(=O)CS[C@H]2CCS(=O)(=O)C2)cc1. The molecule has 0 unspecified atom stereocenters. The van der Waals surface area contributed by atoms with Crippen molar-refractivity contribution in [2.45, 2.75) is 25.5 Å². The Labute approximate surface area is 158 Å². The molecule has 1 atom stereocenters. The number of carbonyl (C=O) groups excluding carboxylic acids is 2. The Bertz CT molecular complexity index is 731. The highest BCUT2D eigenvalue weighted by Crippen LogP contribution is 2.23. The van der Waals surface area contributed by atoms with E-state index in [1.54, 1.807) is 12.1 Å². The van der Waals surface area contributed by atoms with Gasteiger partial charge in [-0.05, 0) is 44.5 Å². The van der Waals surface area contributed by atoms with Gasteiger partial charge in [0.25, 0.3) is 5.91 Å². The summed E-state index contributed by atoms with van der Waals surface area (Å²) in [5.41, 5.74) is 6.24. The number of hydrazine groups is 1. The van der Waals surface area contributed by atoms with Gasteiger partial charge in [0, 0.05) is 29.6 Å². The van der Waals surface area contributed by atoms with Crippen molar-refractivity contribution in [2.75, 3.05) is 35.2 Å². The molecule has 1 saturated heterocycles. The van der Waals surface area contributed by atoms with Gasteiger partial charge in [0.1, 0.15) is 0 Å². The predicted octanol–water partition coefficient (Wildman–Crippen LogP) is 1.21. The van der Waals surface area contributed by atoms with Crippen molar-refractivity contribution in [3.63, 3.8) is 0 Å². The topological polar surface area (TPSA) is 95.6 Å². The lowest BCUT2D eigenvalue weighted by molar-refractivity contribution is -0.119. The van der Waals surface area contributed by atoms with Crippen LogP contribution in [0.3, 0.4) is 0 Å². The van der Waals surface area contributed by atoms with E-state index >= 15 is 0 Å². The van der Waals surface area contributed by atoms with Crippen molar-refractivity contribution in [3.05, 3.63) is 29.8 Å². The van der Waals surface area contributed by atoms with Crippen LogP contribution in [0.15, 0.2) is 24.3 Å². The van der Waals surface area contributed by atoms with Gasteiger partial charge in [0.15, 0.2) is 9.84 Å². The highest BCUT2D eigenvalue weighted by atomic mass is 32.2. The molecule has 2 rings (SSSR count). The van der Waals surface area contributed by atoms with Gasteiger partial charge in [-0.2, -0.15) is 0 Å². The summed E-state index contributed by atoms with van der Waals surface area (Å²) in [5, 5.41) is -0.0472. The molecule has 0 saturated carbocycles. The minimum Gasteiger partial charge on any atom is -0.372 e. The number of benzene rings is 1. The standard InChI is InChI=1S/C17H25N3O4S2/c1-3-20(4-2)14-7-5-13(6-8-14)17(22)19-18-16(21)11-25-15-9-10-26(23,24)12-15/h5-8,15H,3-4,9-12H2,1-2H3,(H,18,21)(H,19,22)/t15-/m0/s1. The van der Waals surface area contributed by atoms with Gasteiger partial charge in [-0.15, -0.1) is 11.8 Å². The number of carbonyl (C=O) groups is 2. The molecular formula is C17H25N3O4S2. The average Bonchev–Trinajstić information content (AvgIpc) is 2.98. The van der Waals surface area contributed by atoms with Crippen LogP contribution in [0.4, 0.5) is 5.69 Å². The summed E-state index contributed by atoms with van der Waals surface area (Å²) in [6.07, 6.45) is 0.575. The second kappa shape index (κ2) is 9.27. The zero-order valence-electron chi connectivity index (χ0n) is 15.0. The maximum atomic E-state index is 12.1. The van der Waals surface area contributed by atoms with E-state index < -0.39 is 15.7 Å². The maximum Gasteiger partial charge on any atom is 0.269 e. The molecule has 7 nitrogen and oxygen atoms in total. The van der Waals surface area contributed by atoms with Crippen molar-refractivity contribution in [1.82, 2.24) is 10.9 Å². The third-order valence-electron chi connectivity index (χ3n) is 4.21. The molecule has 0 aromatic heterocycles. The summed E-state index contributed by atoms with van der Waals surface area (Å²) in [6.45, 7) is 5.91. The minimum atomic E-state index is -2.94. The summed E-state index contributed by atoms with van der Waals surface area (Å²) in [7, 11) is -2.94. The molecule has 0 aliphatic carbocycles. The summed E-state index contributed by atoms with van der Waals surface area (Å²) < 4.78 is 22.8. The molecule has 2 N–H and O–H groups in total. The van der Waals surface area contributed by atoms with E-state index in [-0.39, 0.29) is 28.4 Å². The number of hydrogen-bond donors (Lipinski definition) is 2. The largest absolute Gasteiger partial charge is 0.372 e. The number of amides is 2. The minimum absolute atomic E-state index is 0.0472. The van der Waals surface area contributed by atoms with Crippen LogP contribution in [0.1, 0.15) is 30.6 Å². The molecule has 0 bridgehead atoms. The molecule has 2 amide bonds. The summed E-state index contributed by atoms with van der Waals surface area (Å²) in [6, 6.07) is 7.18. The van der Waals surface area contributed by atoms with E-state index in [0.717, 1.165) is 18.8 Å². The van der Waals surface area contributed by atoms with E-state index in [0.29, 0.717) is 12.0 Å². The van der Waals surface area contributed by atoms with Gasteiger partial charge in [0.2, 0.25) is 5.91 Å². The van der Waals surface area contributed by atoms with Crippen LogP contribution < -0.4 is 15.8 Å². The maximum absolute atomic E-state index is 12.1. The first-order valence-electron chi connectivity index (χ1n) is 8.61. The third-order valence-corrected chi connectivity index (χ3v) is 7.50. The fraction of sp³-hybridized carbons (Fsp3) is 0.529. The van der Waals surface area contributed by atoms with Crippen molar-refractivity contribution in [2.24, 2.45) is 0 Å². The number of sulfone groups is 1. The lowest BCUT2D eigenvalue weighted by atomic mass is 10.2. The van der Waals surface area contributed by atoms with E-state index in [1.165, 1.54) is 11.8 Å². The summed E-state index contributed by atoms with van der Waals surface area (Å²) in [5.74, 6) is -0.324. The van der Waals surface area contributed by atoms with Crippen molar-refractivity contribution >= 4 is 39.1 Å². The number of nitrogens with zero attached hydrogens (tertiary/aromatic N) is 1. The van der Waals surface area contributed by atoms with Gasteiger partial charge in [-0.1, -0.05) is 0 Å². The number of thioether (sulfide) groups is 1. The first-order chi connectivity index (χ1) is 12.3. The van der Waals surface area contributed by atoms with Crippen LogP contribution >= 0.6 is 11.8 Å². The molecule has 1 aromatic carbocycles. The number of anilines is 1. The van der Waals surface area contributed by atoms with Crippen LogP contribution in [-0.2, 0) is 14.6 Å². The summed E-state index contributed by atoms with van der Waals surface area (Å²) in [4.78, 5) is 26.1. The fourth-order valence-electron chi connectivity index (χ4n) is 2.73. The molecule has 1 heterocycles. The second-order valence-electron chi connectivity index (χ2n) is 6.06. The molecule has 26 heavy (non-hydrogen) atoms. The molecule has 1 fully saturated rings. The Morgan fingerprint density at radius 1 is 1.15 bits per heavy atom. The normalized spacial score (nSPS) is 18.3. The Morgan fingerprint density at radius 2 is 1.81 bits per heavy atom. The molecular weight excluding hydrogens is 374 g/mol. The van der Waals surface area contributed by atoms with E-state index in [1.807, 2.05) is 12.1 Å². The Hall–Kier alpha value is -1.74. The lowest BCUT2D eigenvalue weighted by Crippen LogP contribution is -2.42. The van der Waals surface area contributed by atoms with Gasteiger partial charge >= 0.3 is 0 Å². The van der Waals surface area contributed by atoms with E-state index in [4.69, 9.17) is 0 Å². The Balaban J connectivity index is 1.76.